The Kier molecular flexibility index (Phi) is 2.86. The molecule has 10 nitrogen and oxygen atoms in total. The molecular weight excluding hydrogens is 250 g/mol. The lowest BCUT2D eigenvalue weighted by Crippen LogP contribution is -2.16. The zero-order valence-corrected chi connectivity index (χ0v) is 9.40. The Morgan fingerprint density at radius 3 is 2.79 bits per heavy atom. The molecule has 2 aromatic rings. The number of carbonyl (C=O) groups excluding carboxylic acids is 1. The first-order chi connectivity index (χ1) is 9.06. The molecule has 0 atom stereocenters. The van der Waals surface area contributed by atoms with Crippen molar-refractivity contribution in [3.05, 3.63) is 23.5 Å². The molecule has 10 heteroatoms. The van der Waals surface area contributed by atoms with Crippen LogP contribution >= 0.6 is 0 Å². The third kappa shape index (κ3) is 2.07. The first kappa shape index (κ1) is 12.1. The van der Waals surface area contributed by atoms with E-state index in [1.54, 1.807) is 0 Å². The van der Waals surface area contributed by atoms with E-state index < -0.39 is 5.91 Å². The van der Waals surface area contributed by atoms with Crippen LogP contribution in [-0.2, 0) is 0 Å². The Morgan fingerprint density at radius 2 is 2.32 bits per heavy atom. The quantitative estimate of drug-likeness (QED) is 0.646. The van der Waals surface area contributed by atoms with Gasteiger partial charge in [-0.2, -0.15) is 10.2 Å². The summed E-state index contributed by atoms with van der Waals surface area (Å²) in [5.41, 5.74) is 17.6. The Bertz CT molecular complexity index is 711. The van der Waals surface area contributed by atoms with Crippen molar-refractivity contribution in [3.8, 4) is 12.0 Å². The number of amides is 1. The van der Waals surface area contributed by atoms with Gasteiger partial charge in [0.05, 0.1) is 11.8 Å². The number of nitrogens with two attached hydrogens (primary N) is 2. The van der Waals surface area contributed by atoms with E-state index in [0.717, 1.165) is 10.9 Å². The van der Waals surface area contributed by atoms with E-state index >= 15 is 0 Å². The van der Waals surface area contributed by atoms with Crippen molar-refractivity contribution in [1.82, 2.24) is 19.7 Å². The van der Waals surface area contributed by atoms with E-state index in [1.807, 2.05) is 6.07 Å². The van der Waals surface area contributed by atoms with Crippen LogP contribution in [0.2, 0.25) is 0 Å². The summed E-state index contributed by atoms with van der Waals surface area (Å²) in [5.74, 6) is -0.877. The van der Waals surface area contributed by atoms with Gasteiger partial charge in [-0.1, -0.05) is 0 Å². The molecule has 0 unspecified atom stereocenters. The van der Waals surface area contributed by atoms with E-state index in [4.69, 9.17) is 22.3 Å². The fraction of sp³-hybridized carbons (Fsp3) is 0. The number of nitrogen functional groups attached to an aromatic ring is 1. The number of nitriles is 1. The van der Waals surface area contributed by atoms with Crippen LogP contribution in [0.4, 0.5) is 11.6 Å². The first-order valence-electron chi connectivity index (χ1n) is 4.86. The normalized spacial score (nSPS) is 9.84. The smallest absolute Gasteiger partial charge is 0.254 e. The summed E-state index contributed by atoms with van der Waals surface area (Å²) in [6, 6.07) is 1.82. The molecule has 0 aliphatic carbocycles. The molecule has 2 aromatic heterocycles. The topological polar surface area (TPSA) is 173 Å². The Hall–Kier alpha value is -3.35. The maximum atomic E-state index is 11.0. The number of nitrogens with zero attached hydrogens (tertiary/aromatic N) is 6. The third-order valence-corrected chi connectivity index (χ3v) is 2.20. The lowest BCUT2D eigenvalue weighted by molar-refractivity contribution is 0.100. The fourth-order valence-electron chi connectivity index (χ4n) is 1.31. The van der Waals surface area contributed by atoms with Crippen molar-refractivity contribution < 1.29 is 4.79 Å². The van der Waals surface area contributed by atoms with Crippen LogP contribution in [0, 0.1) is 16.9 Å². The monoisotopic (exact) mass is 257 g/mol. The number of carbonyl (C=O) groups is 1. The summed E-state index contributed by atoms with van der Waals surface area (Å²) in [7, 11) is 0. The van der Waals surface area contributed by atoms with Gasteiger partial charge in [0.15, 0.2) is 0 Å². The minimum absolute atomic E-state index is 0.0122. The largest absolute Gasteiger partial charge is 0.383 e. The van der Waals surface area contributed by atoms with Gasteiger partial charge in [-0.25, -0.2) is 15.2 Å². The summed E-state index contributed by atoms with van der Waals surface area (Å²) in [6.07, 6.45) is 2.46. The number of rotatable bonds is 3. The molecule has 1 amide bonds. The van der Waals surface area contributed by atoms with Crippen LogP contribution in [0.1, 0.15) is 15.9 Å². The molecule has 2 rings (SSSR count). The number of aromatic nitrogens is 4. The Morgan fingerprint density at radius 1 is 1.58 bits per heavy atom. The Labute approximate surface area is 106 Å². The van der Waals surface area contributed by atoms with E-state index in [0.29, 0.717) is 0 Å². The van der Waals surface area contributed by atoms with Crippen LogP contribution in [0.25, 0.3) is 5.95 Å². The third-order valence-electron chi connectivity index (χ3n) is 2.20. The number of anilines is 1. The van der Waals surface area contributed by atoms with Gasteiger partial charge in [0, 0.05) is 6.20 Å². The zero-order valence-electron chi connectivity index (χ0n) is 9.40. The molecule has 2 heterocycles. The number of hydrogen-bond donors (Lipinski definition) is 3. The summed E-state index contributed by atoms with van der Waals surface area (Å²) in [4.78, 5) is 18.7. The molecule has 0 aliphatic rings. The van der Waals surface area contributed by atoms with Crippen molar-refractivity contribution in [3.63, 3.8) is 0 Å². The van der Waals surface area contributed by atoms with Crippen LogP contribution in [-0.4, -0.2) is 25.7 Å². The molecule has 0 bridgehead atoms. The number of primary amides is 1. The minimum Gasteiger partial charge on any atom is -0.383 e. The molecule has 5 N–H and O–H groups in total. The van der Waals surface area contributed by atoms with Crippen molar-refractivity contribution >= 4 is 17.5 Å². The van der Waals surface area contributed by atoms with E-state index in [2.05, 4.69) is 20.2 Å². The van der Waals surface area contributed by atoms with Gasteiger partial charge in [0.2, 0.25) is 5.82 Å². The molecule has 94 valence electrons. The summed E-state index contributed by atoms with van der Waals surface area (Å²) >= 11 is 0. The highest BCUT2D eigenvalue weighted by molar-refractivity contribution is 5.96. The van der Waals surface area contributed by atoms with Crippen LogP contribution in [0.15, 0.2) is 17.5 Å². The van der Waals surface area contributed by atoms with Crippen molar-refractivity contribution in [2.75, 3.05) is 5.73 Å². The lowest BCUT2D eigenvalue weighted by atomic mass is 10.3. The Balaban J connectivity index is 2.51. The van der Waals surface area contributed by atoms with E-state index in [-0.39, 0.29) is 28.7 Å². The summed E-state index contributed by atoms with van der Waals surface area (Å²) in [6.45, 7) is 0. The van der Waals surface area contributed by atoms with Gasteiger partial charge in [-0.15, -0.1) is 10.2 Å². The predicted octanol–water partition coefficient (Wildman–Crippen LogP) is -0.122. The molecule has 19 heavy (non-hydrogen) atoms. The van der Waals surface area contributed by atoms with Crippen LogP contribution in [0.3, 0.4) is 0 Å². The van der Waals surface area contributed by atoms with Crippen molar-refractivity contribution in [1.29, 1.82) is 10.8 Å². The molecule has 0 fully saturated rings. The average molecular weight is 257 g/mol. The molecule has 0 saturated carbocycles. The van der Waals surface area contributed by atoms with Crippen LogP contribution < -0.4 is 11.5 Å². The van der Waals surface area contributed by atoms with E-state index in [1.165, 1.54) is 6.20 Å². The highest BCUT2D eigenvalue weighted by atomic mass is 16.1. The summed E-state index contributed by atoms with van der Waals surface area (Å²) in [5, 5.41) is 15.7. The average Bonchev–Trinajstić information content (AvgIpc) is 2.81. The van der Waals surface area contributed by atoms with Gasteiger partial charge in [-0.3, -0.25) is 4.79 Å². The van der Waals surface area contributed by atoms with Crippen molar-refractivity contribution in [2.45, 2.75) is 0 Å². The molecule has 0 aromatic carbocycles. The van der Waals surface area contributed by atoms with Gasteiger partial charge in [0.1, 0.15) is 17.5 Å². The number of hydrogen-bond acceptors (Lipinski definition) is 8. The first-order valence-corrected chi connectivity index (χ1v) is 4.86. The van der Waals surface area contributed by atoms with Gasteiger partial charge < -0.3 is 11.5 Å². The second-order valence-electron chi connectivity index (χ2n) is 3.37. The van der Waals surface area contributed by atoms with Crippen molar-refractivity contribution in [2.24, 2.45) is 10.8 Å². The fourth-order valence-corrected chi connectivity index (χ4v) is 1.31. The zero-order chi connectivity index (χ0) is 14.0. The highest BCUT2D eigenvalue weighted by Gasteiger charge is 2.13. The number of nitrogens with one attached hydrogen (secondary N) is 1. The maximum Gasteiger partial charge on any atom is 0.254 e. The van der Waals surface area contributed by atoms with Gasteiger partial charge >= 0.3 is 0 Å². The van der Waals surface area contributed by atoms with E-state index in [9.17, 15) is 4.79 Å². The molecule has 0 aliphatic heterocycles. The second kappa shape index (κ2) is 4.49. The standard InChI is InChI=1S/C9H7N9O/c10-1-4-3-18(17-8(4)16-13)9-14-2-5(7(12)19)6(11)15-9/h2-3,13H,(H2,12,19)(H2,11,14,15). The predicted molar refractivity (Wildman–Crippen MR) is 61.6 cm³/mol. The second-order valence-corrected chi connectivity index (χ2v) is 3.37. The highest BCUT2D eigenvalue weighted by Crippen LogP contribution is 2.17. The minimum atomic E-state index is -0.746. The molecule has 0 saturated heterocycles. The molecule has 0 spiro atoms. The van der Waals surface area contributed by atoms with Gasteiger partial charge in [-0.05, 0) is 0 Å². The SMILES string of the molecule is N#Cc1cn(-c2ncc(C(N)=O)c(N)n2)nc1N=N. The molecule has 0 radical (unpaired) electrons. The molecular formula is C9H7N9O. The summed E-state index contributed by atoms with van der Waals surface area (Å²) < 4.78 is 1.13. The lowest BCUT2D eigenvalue weighted by Gasteiger charge is -2.02. The van der Waals surface area contributed by atoms with Crippen LogP contribution in [0.5, 0.6) is 0 Å². The van der Waals surface area contributed by atoms with Gasteiger partial charge in [0.25, 0.3) is 11.9 Å². The maximum absolute atomic E-state index is 11.0.